The van der Waals surface area contributed by atoms with Crippen LogP contribution in [-0.4, -0.2) is 22.9 Å². The Balaban J connectivity index is 0.000000357. The van der Waals surface area contributed by atoms with Gasteiger partial charge in [0.05, 0.1) is 50.7 Å². The highest BCUT2D eigenvalue weighted by Gasteiger charge is 2.47. The lowest BCUT2D eigenvalue weighted by Gasteiger charge is -2.46. The van der Waals surface area contributed by atoms with Gasteiger partial charge in [-0.15, -0.1) is 12.6 Å². The number of hydrogen-bond acceptors (Lipinski definition) is 5. The number of benzene rings is 6. The van der Waals surface area contributed by atoms with Crippen LogP contribution in [0.25, 0.3) is 0 Å². The van der Waals surface area contributed by atoms with E-state index < -0.39 is 201 Å². The molecule has 7 rings (SSSR count). The number of halogens is 24. The van der Waals surface area contributed by atoms with Gasteiger partial charge in [-0.3, -0.25) is 4.79 Å². The number of esters is 1. The van der Waals surface area contributed by atoms with Crippen LogP contribution in [0.3, 0.4) is 0 Å². The lowest BCUT2D eigenvalue weighted by atomic mass is 9.12. The molecule has 82 heavy (non-hydrogen) atoms. The summed E-state index contributed by atoms with van der Waals surface area (Å²) in [6.45, 7) is 0.107. The van der Waals surface area contributed by atoms with Crippen LogP contribution < -0.4 is 31.2 Å². The van der Waals surface area contributed by atoms with Crippen molar-refractivity contribution < 1.29 is 124 Å². The Morgan fingerprint density at radius 2 is 0.720 bits per heavy atom. The zero-order chi connectivity index (χ0) is 61.6. The highest BCUT2D eigenvalue weighted by atomic mass is 32.1. The number of thiol groups is 1. The van der Waals surface area contributed by atoms with Crippen LogP contribution in [0.15, 0.2) is 151 Å². The fourth-order valence-electron chi connectivity index (χ4n) is 8.28. The first kappa shape index (κ1) is 63.5. The molecule has 0 atom stereocenters. The Morgan fingerprint density at radius 3 is 1.01 bits per heavy atom. The predicted octanol–water partition coefficient (Wildman–Crippen LogP) is 14.0. The summed E-state index contributed by atoms with van der Waals surface area (Å²) in [6, 6.07) is 7.08. The minimum atomic E-state index is -6.13. The SMILES string of the molecule is FC(F)(F)c1cc([B-](c2cc(C(F)(F)F)cc(C(F)(F)F)c2)(c2cc(C(F)(F)F)cc(C(F)(F)F)c2)c2cc(C(F)(F)F)cc(C(F)(F)F)c2)cc(C(F)(F)F)c1.O=C(C[n+]1ccnc(C(=O)Oc2ccccc2S)c1)c1ccccc1. The van der Waals surface area contributed by atoms with Crippen LogP contribution in [0.2, 0.25) is 0 Å². The molecule has 0 unspecified atom stereocenters. The van der Waals surface area contributed by atoms with Crippen molar-refractivity contribution in [2.45, 2.75) is 60.9 Å². The number of aromatic nitrogens is 2. The molecular weight excluding hydrogens is 1190 g/mol. The van der Waals surface area contributed by atoms with Gasteiger partial charge in [0.25, 0.3) is 0 Å². The number of hydrogen-bond donors (Lipinski definition) is 1. The minimum Gasteiger partial charge on any atom is -0.420 e. The molecule has 1 aromatic heterocycles. The predicted molar refractivity (Wildman–Crippen MR) is 244 cm³/mol. The number of alkyl halides is 24. The monoisotopic (exact) mass is 1210 g/mol. The molecule has 6 aromatic carbocycles. The molecule has 0 N–H and O–H groups in total. The first-order chi connectivity index (χ1) is 37.4. The maximum Gasteiger partial charge on any atom is 0.416 e. The van der Waals surface area contributed by atoms with Crippen molar-refractivity contribution >= 4 is 52.4 Å². The van der Waals surface area contributed by atoms with Crippen molar-refractivity contribution in [1.29, 1.82) is 0 Å². The summed E-state index contributed by atoms with van der Waals surface area (Å²) in [5.41, 5.74) is -29.5. The lowest BCUT2D eigenvalue weighted by Crippen LogP contribution is -2.75. The highest BCUT2D eigenvalue weighted by molar-refractivity contribution is 7.80. The number of ether oxygens (including phenoxy) is 1. The Bertz CT molecular complexity index is 3060. The van der Waals surface area contributed by atoms with E-state index in [0.717, 1.165) is 0 Å². The number of nitrogens with zero attached hydrogens (tertiary/aromatic N) is 2. The Kier molecular flexibility index (Phi) is 17.5. The number of rotatable bonds is 9. The van der Waals surface area contributed by atoms with Gasteiger partial charge in [0.15, 0.2) is 6.20 Å². The molecule has 0 saturated carbocycles. The van der Waals surface area contributed by atoms with Crippen LogP contribution >= 0.6 is 12.6 Å². The van der Waals surface area contributed by atoms with Crippen molar-refractivity contribution in [3.05, 3.63) is 202 Å². The molecule has 31 heteroatoms. The zero-order valence-electron chi connectivity index (χ0n) is 39.8. The Hall–Kier alpha value is -7.73. The number of ketones is 1. The highest BCUT2D eigenvalue weighted by Crippen LogP contribution is 2.41. The van der Waals surface area contributed by atoms with Gasteiger partial charge in [-0.2, -0.15) is 132 Å². The number of Topliss-reactive ketones (excluding diaryl/α,β-unsaturated/α-hetero) is 1. The fraction of sp³-hybridized carbons (Fsp3) is 0.176. The van der Waals surface area contributed by atoms with E-state index in [2.05, 4.69) is 17.6 Å². The molecule has 0 aliphatic rings. The van der Waals surface area contributed by atoms with E-state index in [1.807, 2.05) is 18.2 Å². The van der Waals surface area contributed by atoms with Gasteiger partial charge >= 0.3 is 55.4 Å². The Morgan fingerprint density at radius 1 is 0.427 bits per heavy atom. The molecule has 0 saturated heterocycles. The van der Waals surface area contributed by atoms with Gasteiger partial charge in [-0.25, -0.2) is 9.78 Å². The van der Waals surface area contributed by atoms with Crippen LogP contribution in [0.4, 0.5) is 105 Å². The topological polar surface area (TPSA) is 60.1 Å². The summed E-state index contributed by atoms with van der Waals surface area (Å²) >= 11 is 4.24. The summed E-state index contributed by atoms with van der Waals surface area (Å²) in [6.07, 6.45) is -50.2. The summed E-state index contributed by atoms with van der Waals surface area (Å²) in [5, 5.41) is 0. The van der Waals surface area contributed by atoms with Gasteiger partial charge < -0.3 is 4.74 Å². The second kappa shape index (κ2) is 22.6. The van der Waals surface area contributed by atoms with E-state index in [4.69, 9.17) is 4.74 Å². The Labute approximate surface area is 449 Å². The van der Waals surface area contributed by atoms with E-state index in [0.29, 0.717) is 16.2 Å². The van der Waals surface area contributed by atoms with E-state index in [-0.39, 0.29) is 18.0 Å². The smallest absolute Gasteiger partial charge is 0.416 e. The molecule has 0 fully saturated rings. The summed E-state index contributed by atoms with van der Waals surface area (Å²) < 4.78 is 348. The summed E-state index contributed by atoms with van der Waals surface area (Å²) in [5.74, 6) is -0.312. The maximum atomic E-state index is 14.2. The molecule has 0 radical (unpaired) electrons. The third-order valence-corrected chi connectivity index (χ3v) is 12.3. The normalized spacial score (nSPS) is 13.1. The number of carbonyl (C=O) groups excluding carboxylic acids is 2. The van der Waals surface area contributed by atoms with Gasteiger partial charge in [0.2, 0.25) is 24.2 Å². The first-order valence-corrected chi connectivity index (χ1v) is 22.6. The molecule has 0 amide bonds. The maximum absolute atomic E-state index is 14.2. The average Bonchev–Trinajstić information content (AvgIpc) is 1.17. The summed E-state index contributed by atoms with van der Waals surface area (Å²) in [4.78, 5) is 29.1. The molecule has 7 aromatic rings. The van der Waals surface area contributed by atoms with Crippen molar-refractivity contribution in [1.82, 2.24) is 4.98 Å². The quantitative estimate of drug-likeness (QED) is 0.0298. The minimum absolute atomic E-state index is 0.0585. The fourth-order valence-corrected chi connectivity index (χ4v) is 8.49. The molecule has 436 valence electrons. The van der Waals surface area contributed by atoms with Crippen LogP contribution in [0.1, 0.15) is 65.4 Å². The van der Waals surface area contributed by atoms with Gasteiger partial charge in [0, 0.05) is 10.5 Å². The zero-order valence-corrected chi connectivity index (χ0v) is 40.7. The van der Waals surface area contributed by atoms with Gasteiger partial charge in [-0.1, -0.05) is 91.0 Å². The van der Waals surface area contributed by atoms with Crippen molar-refractivity contribution in [3.8, 4) is 5.75 Å². The van der Waals surface area contributed by atoms with Crippen molar-refractivity contribution in [3.63, 3.8) is 0 Å². The largest absolute Gasteiger partial charge is 0.420 e. The van der Waals surface area contributed by atoms with Crippen LogP contribution in [0.5, 0.6) is 5.75 Å². The molecule has 0 bridgehead atoms. The average molecular weight is 1210 g/mol. The van der Waals surface area contributed by atoms with E-state index in [1.54, 1.807) is 47.2 Å². The molecule has 0 aliphatic heterocycles. The third-order valence-electron chi connectivity index (χ3n) is 11.9. The van der Waals surface area contributed by atoms with Crippen LogP contribution in [0, 0.1) is 0 Å². The number of para-hydroxylation sites is 1. The lowest BCUT2D eigenvalue weighted by molar-refractivity contribution is -0.683. The van der Waals surface area contributed by atoms with E-state index in [1.165, 1.54) is 12.4 Å². The standard InChI is InChI=1S/C32H12BF24.C19H14N2O3S/c34-25(35,36)13-1-14(26(37,38)39)6-21(5-13)33(22-7-15(27(40,41)42)2-16(8-22)28(43,44)45,23-9-17(29(46,47)48)3-18(10-23)30(49,50)51)24-11-19(31(52,53)54)4-20(12-24)32(55,56)57;22-16(14-6-2-1-3-7-14)13-21-11-10-20-15(12-21)19(23)24-17-8-4-5-9-18(17)25/h1-12H;1-12H,13H2/q-1;/p+1. The van der Waals surface area contributed by atoms with E-state index >= 15 is 0 Å². The molecule has 5 nitrogen and oxygen atoms in total. The van der Waals surface area contributed by atoms with Crippen molar-refractivity contribution in [2.75, 3.05) is 0 Å². The second-order valence-electron chi connectivity index (χ2n) is 17.5. The molecular formula is C51H27BF24N2O3S. The van der Waals surface area contributed by atoms with E-state index in [9.17, 15) is 115 Å². The first-order valence-electron chi connectivity index (χ1n) is 22.2. The van der Waals surface area contributed by atoms with Crippen LogP contribution in [-0.2, 0) is 56.0 Å². The third kappa shape index (κ3) is 14.8. The van der Waals surface area contributed by atoms with Crippen molar-refractivity contribution in [2.24, 2.45) is 0 Å². The van der Waals surface area contributed by atoms with Gasteiger partial charge in [0.1, 0.15) is 11.9 Å². The molecule has 0 spiro atoms. The molecule has 0 aliphatic carbocycles. The van der Waals surface area contributed by atoms with Gasteiger partial charge in [-0.05, 0) is 36.4 Å². The molecule has 1 heterocycles. The number of carbonyl (C=O) groups is 2. The summed E-state index contributed by atoms with van der Waals surface area (Å²) in [7, 11) is 0. The second-order valence-corrected chi connectivity index (χ2v) is 18.0.